The number of benzene rings is 1. The zero-order valence-electron chi connectivity index (χ0n) is 5.96. The summed E-state index contributed by atoms with van der Waals surface area (Å²) in [4.78, 5) is 0. The number of nitrogen functional groups attached to an aromatic ring is 1. The van der Waals surface area contributed by atoms with Crippen LogP contribution in [0.25, 0.3) is 0 Å². The molecule has 0 radical (unpaired) electrons. The second-order valence-corrected chi connectivity index (χ2v) is 2.24. The average molecular weight is 175 g/mol. The molecule has 3 nitrogen and oxygen atoms in total. The van der Waals surface area contributed by atoms with Gasteiger partial charge in [0.15, 0.2) is 17.9 Å². The molecule has 0 aliphatic heterocycles. The van der Waals surface area contributed by atoms with Gasteiger partial charge in [-0.3, -0.25) is 0 Å². The van der Waals surface area contributed by atoms with E-state index in [9.17, 15) is 8.78 Å². The molecule has 0 aliphatic carbocycles. The van der Waals surface area contributed by atoms with Crippen molar-refractivity contribution in [2.45, 2.75) is 6.29 Å². The molecule has 0 bridgehead atoms. The fourth-order valence-electron chi connectivity index (χ4n) is 0.844. The van der Waals surface area contributed by atoms with Gasteiger partial charge in [0.2, 0.25) is 0 Å². The topological polar surface area (TPSA) is 66.5 Å². The lowest BCUT2D eigenvalue weighted by Gasteiger charge is -2.08. The maximum atomic E-state index is 12.7. The molecule has 66 valence electrons. The first kappa shape index (κ1) is 8.89. The van der Waals surface area contributed by atoms with Crippen LogP contribution in [0, 0.1) is 11.6 Å². The maximum absolute atomic E-state index is 12.7. The highest BCUT2D eigenvalue weighted by Gasteiger charge is 2.16. The number of nitrogens with two attached hydrogens (primary N) is 1. The molecule has 1 aromatic carbocycles. The van der Waals surface area contributed by atoms with Gasteiger partial charge >= 0.3 is 0 Å². The fourth-order valence-corrected chi connectivity index (χ4v) is 0.844. The highest BCUT2D eigenvalue weighted by molar-refractivity contribution is 5.48. The van der Waals surface area contributed by atoms with Crippen molar-refractivity contribution in [1.82, 2.24) is 0 Å². The van der Waals surface area contributed by atoms with E-state index < -0.39 is 23.5 Å². The summed E-state index contributed by atoms with van der Waals surface area (Å²) >= 11 is 0. The van der Waals surface area contributed by atoms with E-state index in [1.165, 1.54) is 0 Å². The minimum atomic E-state index is -2.10. The van der Waals surface area contributed by atoms with E-state index in [1.807, 2.05) is 0 Å². The molecule has 0 amide bonds. The minimum absolute atomic E-state index is 0.191. The fraction of sp³-hybridized carbons (Fsp3) is 0.143. The van der Waals surface area contributed by atoms with Crippen LogP contribution in [0.1, 0.15) is 11.9 Å². The molecule has 0 heterocycles. The SMILES string of the molecule is Nc1ccc(F)c(F)c1C(O)O. The summed E-state index contributed by atoms with van der Waals surface area (Å²) in [6, 6.07) is 1.88. The number of hydrogen-bond acceptors (Lipinski definition) is 3. The summed E-state index contributed by atoms with van der Waals surface area (Å²) in [7, 11) is 0. The molecule has 1 rings (SSSR count). The third kappa shape index (κ3) is 1.37. The molecule has 0 fully saturated rings. The van der Waals surface area contributed by atoms with Gasteiger partial charge in [0.05, 0.1) is 5.56 Å². The lowest BCUT2D eigenvalue weighted by Crippen LogP contribution is -2.05. The molecule has 1 aromatic rings. The van der Waals surface area contributed by atoms with Gasteiger partial charge in [-0.05, 0) is 12.1 Å². The maximum Gasteiger partial charge on any atom is 0.183 e. The van der Waals surface area contributed by atoms with E-state index >= 15 is 0 Å². The van der Waals surface area contributed by atoms with Crippen molar-refractivity contribution >= 4 is 5.69 Å². The summed E-state index contributed by atoms with van der Waals surface area (Å²) in [5, 5.41) is 17.2. The molecule has 5 heteroatoms. The Morgan fingerprint density at radius 1 is 1.25 bits per heavy atom. The third-order valence-corrected chi connectivity index (χ3v) is 1.42. The van der Waals surface area contributed by atoms with Crippen LogP contribution in [0.4, 0.5) is 14.5 Å². The van der Waals surface area contributed by atoms with Gasteiger partial charge in [-0.25, -0.2) is 8.78 Å². The Bertz CT molecular complexity index is 302. The Balaban J connectivity index is 3.33. The predicted molar refractivity (Wildman–Crippen MR) is 37.9 cm³/mol. The van der Waals surface area contributed by atoms with Crippen molar-refractivity contribution in [3.05, 3.63) is 29.3 Å². The summed E-state index contributed by atoms with van der Waals surface area (Å²) in [5.41, 5.74) is 4.34. The van der Waals surface area contributed by atoms with Gasteiger partial charge in [0, 0.05) is 5.69 Å². The van der Waals surface area contributed by atoms with Gasteiger partial charge in [-0.2, -0.15) is 0 Å². The van der Waals surface area contributed by atoms with Crippen LogP contribution < -0.4 is 5.73 Å². The Hall–Kier alpha value is -1.20. The summed E-state index contributed by atoms with van der Waals surface area (Å²) in [5.74, 6) is -2.49. The first-order valence-corrected chi connectivity index (χ1v) is 3.13. The largest absolute Gasteiger partial charge is 0.398 e. The standard InChI is InChI=1S/C7H7F2NO2/c8-3-1-2-4(10)5(6(3)9)7(11)12/h1-2,7,11-12H,10H2. The van der Waals surface area contributed by atoms with Crippen molar-refractivity contribution in [2.75, 3.05) is 5.73 Å². The molecule has 4 N–H and O–H groups in total. The lowest BCUT2D eigenvalue weighted by molar-refractivity contribution is -0.0446. The Kier molecular flexibility index (Phi) is 2.25. The first-order chi connectivity index (χ1) is 5.54. The first-order valence-electron chi connectivity index (χ1n) is 3.13. The average Bonchev–Trinajstić information content (AvgIpc) is 1.97. The van der Waals surface area contributed by atoms with Crippen LogP contribution >= 0.6 is 0 Å². The van der Waals surface area contributed by atoms with Crippen LogP contribution in [0.3, 0.4) is 0 Å². The molecular weight excluding hydrogens is 168 g/mol. The number of aliphatic hydroxyl groups excluding tert-OH is 1. The third-order valence-electron chi connectivity index (χ3n) is 1.42. The van der Waals surface area contributed by atoms with Crippen LogP contribution in [0.5, 0.6) is 0 Å². The zero-order chi connectivity index (χ0) is 9.30. The van der Waals surface area contributed by atoms with E-state index in [4.69, 9.17) is 15.9 Å². The highest BCUT2D eigenvalue weighted by atomic mass is 19.2. The number of hydrogen-bond donors (Lipinski definition) is 3. The molecule has 0 aromatic heterocycles. The summed E-state index contributed by atoms with van der Waals surface area (Å²) < 4.78 is 25.2. The van der Waals surface area contributed by atoms with Crippen molar-refractivity contribution < 1.29 is 19.0 Å². The van der Waals surface area contributed by atoms with Crippen molar-refractivity contribution in [3.63, 3.8) is 0 Å². The molecule has 0 saturated heterocycles. The number of anilines is 1. The molecule has 0 aliphatic rings. The lowest BCUT2D eigenvalue weighted by atomic mass is 10.1. The van der Waals surface area contributed by atoms with Crippen molar-refractivity contribution in [2.24, 2.45) is 0 Å². The number of rotatable bonds is 1. The van der Waals surface area contributed by atoms with Gasteiger partial charge in [0.25, 0.3) is 0 Å². The summed E-state index contributed by atoms with van der Waals surface area (Å²) in [6.07, 6.45) is -2.10. The molecule has 0 unspecified atom stereocenters. The smallest absolute Gasteiger partial charge is 0.183 e. The highest BCUT2D eigenvalue weighted by Crippen LogP contribution is 2.23. The Morgan fingerprint density at radius 2 is 1.83 bits per heavy atom. The normalized spacial score (nSPS) is 10.8. The second kappa shape index (κ2) is 3.04. The predicted octanol–water partition coefficient (Wildman–Crippen LogP) is 0.530. The van der Waals surface area contributed by atoms with E-state index in [0.717, 1.165) is 12.1 Å². The monoisotopic (exact) mass is 175 g/mol. The molecule has 12 heavy (non-hydrogen) atoms. The van der Waals surface area contributed by atoms with Crippen molar-refractivity contribution in [1.29, 1.82) is 0 Å². The zero-order valence-corrected chi connectivity index (χ0v) is 5.96. The van der Waals surface area contributed by atoms with Gasteiger partial charge < -0.3 is 15.9 Å². The quantitative estimate of drug-likeness (QED) is 0.431. The van der Waals surface area contributed by atoms with E-state index in [0.29, 0.717) is 0 Å². The van der Waals surface area contributed by atoms with Gasteiger partial charge in [-0.1, -0.05) is 0 Å². The molecule has 0 saturated carbocycles. The van der Waals surface area contributed by atoms with Gasteiger partial charge in [0.1, 0.15) is 0 Å². The van der Waals surface area contributed by atoms with Crippen molar-refractivity contribution in [3.8, 4) is 0 Å². The van der Waals surface area contributed by atoms with Crippen LogP contribution in [0.15, 0.2) is 12.1 Å². The molecule has 0 spiro atoms. The Labute approximate surface area is 67.1 Å². The van der Waals surface area contributed by atoms with Crippen LogP contribution in [-0.2, 0) is 0 Å². The minimum Gasteiger partial charge on any atom is -0.398 e. The number of aliphatic hydroxyl groups is 2. The molecular formula is C7H7F2NO2. The van der Waals surface area contributed by atoms with Gasteiger partial charge in [-0.15, -0.1) is 0 Å². The van der Waals surface area contributed by atoms with Crippen LogP contribution in [0.2, 0.25) is 0 Å². The Morgan fingerprint density at radius 3 is 2.25 bits per heavy atom. The number of halogens is 2. The van der Waals surface area contributed by atoms with E-state index in [2.05, 4.69) is 0 Å². The van der Waals surface area contributed by atoms with Crippen LogP contribution in [-0.4, -0.2) is 10.2 Å². The summed E-state index contributed by atoms with van der Waals surface area (Å²) in [6.45, 7) is 0. The second-order valence-electron chi connectivity index (χ2n) is 2.24. The van der Waals surface area contributed by atoms with E-state index in [-0.39, 0.29) is 5.69 Å². The molecule has 0 atom stereocenters. The van der Waals surface area contributed by atoms with E-state index in [1.54, 1.807) is 0 Å².